The number of nitrogens with one attached hydrogen (secondary N) is 1. The van der Waals surface area contributed by atoms with Gasteiger partial charge in [0.1, 0.15) is 10.8 Å². The van der Waals surface area contributed by atoms with E-state index in [1.807, 2.05) is 48.7 Å². The van der Waals surface area contributed by atoms with Gasteiger partial charge in [0.2, 0.25) is 5.91 Å². The molecule has 4 aromatic rings. The van der Waals surface area contributed by atoms with Crippen LogP contribution in [0.25, 0.3) is 16.9 Å². The molecule has 2 aromatic heterocycles. The Morgan fingerprint density at radius 3 is 2.60 bits per heavy atom. The molecule has 4 rings (SSSR count). The lowest BCUT2D eigenvalue weighted by molar-refractivity contribution is -0.113. The molecule has 0 unspecified atom stereocenters. The van der Waals surface area contributed by atoms with E-state index in [0.717, 1.165) is 16.9 Å². The van der Waals surface area contributed by atoms with Gasteiger partial charge >= 0.3 is 0 Å². The molecule has 150 valence electrons. The van der Waals surface area contributed by atoms with Crippen LogP contribution >= 0.6 is 23.4 Å². The summed E-state index contributed by atoms with van der Waals surface area (Å²) in [5.41, 5.74) is 2.96. The van der Waals surface area contributed by atoms with Gasteiger partial charge in [0.25, 0.3) is 0 Å². The van der Waals surface area contributed by atoms with Crippen LogP contribution in [0.3, 0.4) is 0 Å². The molecule has 0 aliphatic heterocycles. The average Bonchev–Trinajstić information content (AvgIpc) is 3.30. The molecule has 2 aromatic carbocycles. The van der Waals surface area contributed by atoms with Crippen LogP contribution in [0.2, 0.25) is 5.02 Å². The van der Waals surface area contributed by atoms with Crippen molar-refractivity contribution in [1.29, 1.82) is 0 Å². The van der Waals surface area contributed by atoms with Crippen molar-refractivity contribution < 1.29 is 9.18 Å². The first-order chi connectivity index (χ1) is 14.6. The predicted octanol–water partition coefficient (Wildman–Crippen LogP) is 4.85. The zero-order chi connectivity index (χ0) is 20.9. The molecule has 0 saturated heterocycles. The van der Waals surface area contributed by atoms with E-state index in [9.17, 15) is 9.18 Å². The molecule has 2 heterocycles. The van der Waals surface area contributed by atoms with Crippen LogP contribution in [0.5, 0.6) is 0 Å². The molecule has 9 heteroatoms. The number of hydrogen-bond donors (Lipinski definition) is 1. The number of anilines is 1. The summed E-state index contributed by atoms with van der Waals surface area (Å²) >= 11 is 6.88. The van der Waals surface area contributed by atoms with Crippen molar-refractivity contribution in [2.75, 3.05) is 11.1 Å². The first-order valence-electron chi connectivity index (χ1n) is 8.90. The maximum absolute atomic E-state index is 13.4. The lowest BCUT2D eigenvalue weighted by Gasteiger charge is -2.06. The molecule has 0 aliphatic rings. The molecule has 1 N–H and O–H groups in total. The van der Waals surface area contributed by atoms with Crippen LogP contribution in [0.1, 0.15) is 0 Å². The Morgan fingerprint density at radius 1 is 1.10 bits per heavy atom. The quantitative estimate of drug-likeness (QED) is 0.435. The standard InChI is InChI=1S/C21H15ClFN5OS/c22-17-7-4-15(12-18(17)23)25-20(29)13-30-21-9-8-19(26-27-21)14-2-5-16(6-3-14)28-11-1-10-24-28/h1-12H,13H2,(H,25,29). The SMILES string of the molecule is O=C(CSc1ccc(-c2ccc(-n3cccn3)cc2)nn1)Nc1ccc(Cl)c(F)c1. The average molecular weight is 440 g/mol. The largest absolute Gasteiger partial charge is 0.325 e. The minimum atomic E-state index is -0.582. The van der Waals surface area contributed by atoms with E-state index in [1.165, 1.54) is 23.9 Å². The molecule has 0 saturated carbocycles. The van der Waals surface area contributed by atoms with E-state index in [1.54, 1.807) is 16.9 Å². The van der Waals surface area contributed by atoms with Crippen LogP contribution in [0.4, 0.5) is 10.1 Å². The minimum Gasteiger partial charge on any atom is -0.325 e. The highest BCUT2D eigenvalue weighted by atomic mass is 35.5. The van der Waals surface area contributed by atoms with Crippen molar-refractivity contribution in [3.8, 4) is 16.9 Å². The zero-order valence-electron chi connectivity index (χ0n) is 15.5. The molecule has 0 aliphatic carbocycles. The molecule has 0 bridgehead atoms. The Hall–Kier alpha value is -3.23. The summed E-state index contributed by atoms with van der Waals surface area (Å²) in [7, 11) is 0. The van der Waals surface area contributed by atoms with E-state index in [0.29, 0.717) is 10.7 Å². The van der Waals surface area contributed by atoms with Crippen LogP contribution in [0.15, 0.2) is 78.1 Å². The number of nitrogens with zero attached hydrogens (tertiary/aromatic N) is 4. The number of hydrogen-bond acceptors (Lipinski definition) is 5. The number of thioether (sulfide) groups is 1. The van der Waals surface area contributed by atoms with Crippen LogP contribution in [0, 0.1) is 5.82 Å². The summed E-state index contributed by atoms with van der Waals surface area (Å²) in [5.74, 6) is -0.736. The second-order valence-corrected chi connectivity index (χ2v) is 7.62. The van der Waals surface area contributed by atoms with Gasteiger partial charge in [-0.15, -0.1) is 10.2 Å². The van der Waals surface area contributed by atoms with Gasteiger partial charge in [0.05, 0.1) is 22.2 Å². The van der Waals surface area contributed by atoms with Crippen LogP contribution in [-0.2, 0) is 4.79 Å². The van der Waals surface area contributed by atoms with E-state index in [4.69, 9.17) is 11.6 Å². The van der Waals surface area contributed by atoms with E-state index < -0.39 is 5.82 Å². The van der Waals surface area contributed by atoms with Gasteiger partial charge in [0, 0.05) is 23.6 Å². The summed E-state index contributed by atoms with van der Waals surface area (Å²) in [6, 6.07) is 17.5. The number of rotatable bonds is 6. The second-order valence-electron chi connectivity index (χ2n) is 6.22. The third-order valence-electron chi connectivity index (χ3n) is 4.13. The van der Waals surface area contributed by atoms with Crippen LogP contribution < -0.4 is 5.32 Å². The Labute approximate surface area is 181 Å². The smallest absolute Gasteiger partial charge is 0.234 e. The van der Waals surface area contributed by atoms with Crippen LogP contribution in [-0.4, -0.2) is 31.6 Å². The van der Waals surface area contributed by atoms with Gasteiger partial charge in [-0.2, -0.15) is 5.10 Å². The molecule has 6 nitrogen and oxygen atoms in total. The first kappa shape index (κ1) is 20.1. The summed E-state index contributed by atoms with van der Waals surface area (Å²) in [6.45, 7) is 0. The van der Waals surface area contributed by atoms with Crippen molar-refractivity contribution in [1.82, 2.24) is 20.0 Å². The van der Waals surface area contributed by atoms with Gasteiger partial charge in [0.15, 0.2) is 0 Å². The number of carbonyl (C=O) groups excluding carboxylic acids is 1. The third kappa shape index (κ3) is 4.84. The van der Waals surface area contributed by atoms with Crippen molar-refractivity contribution in [2.24, 2.45) is 0 Å². The van der Waals surface area contributed by atoms with Gasteiger partial charge < -0.3 is 5.32 Å². The van der Waals surface area contributed by atoms with Crippen molar-refractivity contribution in [2.45, 2.75) is 5.03 Å². The fourth-order valence-electron chi connectivity index (χ4n) is 2.67. The molecule has 0 radical (unpaired) electrons. The van der Waals surface area contributed by atoms with Gasteiger partial charge in [-0.1, -0.05) is 35.5 Å². The topological polar surface area (TPSA) is 72.7 Å². The maximum Gasteiger partial charge on any atom is 0.234 e. The first-order valence-corrected chi connectivity index (χ1v) is 10.3. The monoisotopic (exact) mass is 439 g/mol. The second kappa shape index (κ2) is 9.06. The van der Waals surface area contributed by atoms with E-state index in [-0.39, 0.29) is 16.7 Å². The van der Waals surface area contributed by atoms with Crippen molar-refractivity contribution >= 4 is 35.0 Å². The maximum atomic E-state index is 13.4. The van der Waals surface area contributed by atoms with Crippen molar-refractivity contribution in [3.05, 3.63) is 83.9 Å². The molecule has 1 amide bonds. The number of benzene rings is 2. The summed E-state index contributed by atoms with van der Waals surface area (Å²) in [6.07, 6.45) is 3.60. The minimum absolute atomic E-state index is 0.00812. The molecular weight excluding hydrogens is 425 g/mol. The Bertz CT molecular complexity index is 1150. The fourth-order valence-corrected chi connectivity index (χ4v) is 3.40. The normalized spacial score (nSPS) is 10.7. The number of carbonyl (C=O) groups is 1. The highest BCUT2D eigenvalue weighted by molar-refractivity contribution is 7.99. The molecule has 0 fully saturated rings. The fraction of sp³-hybridized carbons (Fsp3) is 0.0476. The third-order valence-corrected chi connectivity index (χ3v) is 5.35. The lowest BCUT2D eigenvalue weighted by atomic mass is 10.1. The molecule has 0 spiro atoms. The Morgan fingerprint density at radius 2 is 1.93 bits per heavy atom. The van der Waals surface area contributed by atoms with Gasteiger partial charge in [-0.3, -0.25) is 4.79 Å². The summed E-state index contributed by atoms with van der Waals surface area (Å²) < 4.78 is 15.2. The highest BCUT2D eigenvalue weighted by Crippen LogP contribution is 2.22. The highest BCUT2D eigenvalue weighted by Gasteiger charge is 2.08. The molecule has 30 heavy (non-hydrogen) atoms. The van der Waals surface area contributed by atoms with Crippen molar-refractivity contribution in [3.63, 3.8) is 0 Å². The Kier molecular flexibility index (Phi) is 6.06. The summed E-state index contributed by atoms with van der Waals surface area (Å²) in [5, 5.41) is 15.8. The number of aromatic nitrogens is 4. The van der Waals surface area contributed by atoms with E-state index >= 15 is 0 Å². The number of amides is 1. The van der Waals surface area contributed by atoms with Gasteiger partial charge in [-0.25, -0.2) is 9.07 Å². The number of halogens is 2. The molecule has 0 atom stereocenters. The van der Waals surface area contributed by atoms with Gasteiger partial charge in [-0.05, 0) is 48.5 Å². The Balaban J connectivity index is 1.34. The van der Waals surface area contributed by atoms with E-state index in [2.05, 4.69) is 20.6 Å². The predicted molar refractivity (Wildman–Crippen MR) is 115 cm³/mol. The molecular formula is C21H15ClFN5OS. The zero-order valence-corrected chi connectivity index (χ0v) is 17.1. The lowest BCUT2D eigenvalue weighted by Crippen LogP contribution is -2.14. The summed E-state index contributed by atoms with van der Waals surface area (Å²) in [4.78, 5) is 12.1.